The molecule has 4 rings (SSSR count). The van der Waals surface area contributed by atoms with E-state index in [1.54, 1.807) is 0 Å². The molecule has 1 atom stereocenters. The molecule has 0 spiro atoms. The van der Waals surface area contributed by atoms with Crippen molar-refractivity contribution in [3.05, 3.63) is 94.1 Å². The Morgan fingerprint density at radius 1 is 1.00 bits per heavy atom. The number of fused-ring (bicyclic) bond motifs is 1. The molecule has 0 aliphatic carbocycles. The number of hydrogen-bond donors (Lipinski definition) is 1. The maximum absolute atomic E-state index is 13.1. The zero-order chi connectivity index (χ0) is 26.0. The van der Waals surface area contributed by atoms with E-state index >= 15 is 0 Å². The first-order valence-electron chi connectivity index (χ1n) is 10.7. The molecule has 186 valence electrons. The Bertz CT molecular complexity index is 1480. The molecule has 0 aliphatic rings. The smallest absolute Gasteiger partial charge is 0.416 e. The number of carbonyl (C=O) groups is 1. The van der Waals surface area contributed by atoms with Crippen molar-refractivity contribution in [2.24, 2.45) is 0 Å². The van der Waals surface area contributed by atoms with Crippen molar-refractivity contribution in [2.45, 2.75) is 26.1 Å². The van der Waals surface area contributed by atoms with Crippen LogP contribution in [0.4, 0.5) is 23.2 Å². The largest absolute Gasteiger partial charge is 0.481 e. The van der Waals surface area contributed by atoms with Gasteiger partial charge in [0.2, 0.25) is 11.2 Å². The summed E-state index contributed by atoms with van der Waals surface area (Å²) in [4.78, 5) is 25.4. The molecule has 10 heteroatoms. The van der Waals surface area contributed by atoms with Gasteiger partial charge in [0.15, 0.2) is 6.10 Å². The predicted octanol–water partition coefficient (Wildman–Crippen LogP) is 6.46. The molecular formula is C26H19F4NO5. The maximum Gasteiger partial charge on any atom is 0.416 e. The lowest BCUT2D eigenvalue weighted by atomic mass is 10.2. The van der Waals surface area contributed by atoms with E-state index < -0.39 is 35.0 Å². The van der Waals surface area contributed by atoms with Gasteiger partial charge in [-0.05, 0) is 68.4 Å². The Labute approximate surface area is 202 Å². The van der Waals surface area contributed by atoms with Gasteiger partial charge in [0.05, 0.1) is 10.9 Å². The predicted molar refractivity (Wildman–Crippen MR) is 124 cm³/mol. The topological polar surface area (TPSA) is 77.8 Å². The average Bonchev–Trinajstić information content (AvgIpc) is 2.82. The van der Waals surface area contributed by atoms with E-state index in [-0.39, 0.29) is 39.7 Å². The number of aryl methyl sites for hydroxylation is 1. The molecule has 1 amide bonds. The third-order valence-electron chi connectivity index (χ3n) is 5.16. The molecule has 6 nitrogen and oxygen atoms in total. The van der Waals surface area contributed by atoms with Crippen molar-refractivity contribution in [1.82, 2.24) is 0 Å². The van der Waals surface area contributed by atoms with Crippen LogP contribution in [0.25, 0.3) is 11.0 Å². The Morgan fingerprint density at radius 3 is 2.39 bits per heavy atom. The zero-order valence-electron chi connectivity index (χ0n) is 19.0. The van der Waals surface area contributed by atoms with Gasteiger partial charge in [-0.25, -0.2) is 4.39 Å². The molecule has 0 saturated carbocycles. The van der Waals surface area contributed by atoms with Crippen LogP contribution < -0.4 is 20.2 Å². The van der Waals surface area contributed by atoms with Crippen molar-refractivity contribution in [3.63, 3.8) is 0 Å². The van der Waals surface area contributed by atoms with Crippen molar-refractivity contribution in [1.29, 1.82) is 0 Å². The third kappa shape index (κ3) is 5.48. The first kappa shape index (κ1) is 24.8. The summed E-state index contributed by atoms with van der Waals surface area (Å²) in [7, 11) is 0. The number of halogens is 4. The quantitative estimate of drug-likeness (QED) is 0.307. The van der Waals surface area contributed by atoms with E-state index in [4.69, 9.17) is 13.9 Å². The van der Waals surface area contributed by atoms with Crippen molar-refractivity contribution >= 4 is 22.6 Å². The molecule has 36 heavy (non-hydrogen) atoms. The van der Waals surface area contributed by atoms with Crippen LogP contribution in [-0.2, 0) is 11.0 Å². The van der Waals surface area contributed by atoms with Crippen LogP contribution in [0.3, 0.4) is 0 Å². The molecule has 0 radical (unpaired) electrons. The van der Waals surface area contributed by atoms with Crippen molar-refractivity contribution in [3.8, 4) is 17.2 Å². The maximum atomic E-state index is 13.1. The van der Waals surface area contributed by atoms with Crippen LogP contribution >= 0.6 is 0 Å². The fraction of sp³-hybridized carbons (Fsp3) is 0.154. The Hall–Kier alpha value is -4.34. The fourth-order valence-electron chi connectivity index (χ4n) is 3.35. The van der Waals surface area contributed by atoms with Crippen LogP contribution in [0, 0.1) is 12.7 Å². The molecule has 0 aliphatic heterocycles. The minimum atomic E-state index is -4.54. The van der Waals surface area contributed by atoms with Gasteiger partial charge in [0, 0.05) is 11.8 Å². The van der Waals surface area contributed by atoms with Crippen LogP contribution in [0.5, 0.6) is 17.2 Å². The molecule has 4 aromatic rings. The number of benzene rings is 3. The number of alkyl halides is 3. The molecular weight excluding hydrogens is 482 g/mol. The lowest BCUT2D eigenvalue weighted by Gasteiger charge is -2.16. The second-order valence-electron chi connectivity index (χ2n) is 7.86. The molecule has 0 saturated heterocycles. The summed E-state index contributed by atoms with van der Waals surface area (Å²) in [6, 6.07) is 13.7. The number of rotatable bonds is 6. The molecule has 1 unspecified atom stereocenters. The van der Waals surface area contributed by atoms with E-state index in [0.717, 1.165) is 12.1 Å². The zero-order valence-corrected chi connectivity index (χ0v) is 19.0. The highest BCUT2D eigenvalue weighted by Gasteiger charge is 2.30. The summed E-state index contributed by atoms with van der Waals surface area (Å²) in [6.07, 6.45) is -5.62. The standard InChI is InChI=1S/C26H19F4NO5/c1-14-24(36-19-8-6-17(27)7-9-19)23(32)21-11-10-20(13-22(21)35-14)34-15(2)25(33)31-18-5-3-4-16(12-18)26(28,29)30/h3-13,15H,1-2H3,(H,31,33). The second-order valence-corrected chi connectivity index (χ2v) is 7.86. The van der Waals surface area contributed by atoms with E-state index in [9.17, 15) is 27.2 Å². The Morgan fingerprint density at radius 2 is 1.69 bits per heavy atom. The molecule has 3 aromatic carbocycles. The minimum Gasteiger partial charge on any atom is -0.481 e. The first-order chi connectivity index (χ1) is 17.0. The van der Waals surface area contributed by atoms with Gasteiger partial charge in [-0.1, -0.05) is 6.07 Å². The summed E-state index contributed by atoms with van der Waals surface area (Å²) < 4.78 is 68.7. The van der Waals surface area contributed by atoms with Gasteiger partial charge in [0.1, 0.15) is 28.7 Å². The molecule has 1 aromatic heterocycles. The number of amides is 1. The van der Waals surface area contributed by atoms with E-state index in [0.29, 0.717) is 0 Å². The van der Waals surface area contributed by atoms with Crippen LogP contribution in [0.15, 0.2) is 75.9 Å². The summed E-state index contributed by atoms with van der Waals surface area (Å²) in [5, 5.41) is 2.57. The van der Waals surface area contributed by atoms with Gasteiger partial charge < -0.3 is 19.2 Å². The number of nitrogens with one attached hydrogen (secondary N) is 1. The highest BCUT2D eigenvalue weighted by molar-refractivity contribution is 5.94. The summed E-state index contributed by atoms with van der Waals surface area (Å²) in [5.74, 6) is -0.554. The minimum absolute atomic E-state index is 0.0286. The molecule has 0 fully saturated rings. The SMILES string of the molecule is Cc1oc2cc(OC(C)C(=O)Nc3cccc(C(F)(F)F)c3)ccc2c(=O)c1Oc1ccc(F)cc1. The molecule has 0 bridgehead atoms. The summed E-state index contributed by atoms with van der Waals surface area (Å²) in [6.45, 7) is 2.95. The third-order valence-corrected chi connectivity index (χ3v) is 5.16. The van der Waals surface area contributed by atoms with Gasteiger partial charge in [0.25, 0.3) is 5.91 Å². The Kier molecular flexibility index (Phi) is 6.69. The molecule has 1 heterocycles. The summed E-state index contributed by atoms with van der Waals surface area (Å²) in [5.41, 5.74) is -1.21. The number of anilines is 1. The van der Waals surface area contributed by atoms with Gasteiger partial charge in [-0.15, -0.1) is 0 Å². The van der Waals surface area contributed by atoms with Crippen LogP contribution in [-0.4, -0.2) is 12.0 Å². The summed E-state index contributed by atoms with van der Waals surface area (Å²) >= 11 is 0. The number of carbonyl (C=O) groups excluding carboxylic acids is 1. The fourth-order valence-corrected chi connectivity index (χ4v) is 3.35. The highest BCUT2D eigenvalue weighted by atomic mass is 19.4. The van der Waals surface area contributed by atoms with Crippen molar-refractivity contribution < 1.29 is 36.2 Å². The van der Waals surface area contributed by atoms with Gasteiger partial charge in [-0.2, -0.15) is 13.2 Å². The second kappa shape index (κ2) is 9.73. The lowest BCUT2D eigenvalue weighted by molar-refractivity contribution is -0.137. The van der Waals surface area contributed by atoms with E-state index in [1.165, 1.54) is 68.4 Å². The van der Waals surface area contributed by atoms with Crippen molar-refractivity contribution in [2.75, 3.05) is 5.32 Å². The van der Waals surface area contributed by atoms with E-state index in [1.807, 2.05) is 0 Å². The highest BCUT2D eigenvalue weighted by Crippen LogP contribution is 2.31. The van der Waals surface area contributed by atoms with Crippen LogP contribution in [0.2, 0.25) is 0 Å². The van der Waals surface area contributed by atoms with Crippen LogP contribution in [0.1, 0.15) is 18.2 Å². The lowest BCUT2D eigenvalue weighted by Crippen LogP contribution is -2.30. The number of hydrogen-bond acceptors (Lipinski definition) is 5. The van der Waals surface area contributed by atoms with Gasteiger partial charge >= 0.3 is 6.18 Å². The first-order valence-corrected chi connectivity index (χ1v) is 10.7. The number of ether oxygens (including phenoxy) is 2. The monoisotopic (exact) mass is 501 g/mol. The Balaban J connectivity index is 1.51. The molecule has 1 N–H and O–H groups in total. The average molecular weight is 501 g/mol. The normalized spacial score (nSPS) is 12.3. The van der Waals surface area contributed by atoms with Gasteiger partial charge in [-0.3, -0.25) is 9.59 Å². The van der Waals surface area contributed by atoms with E-state index in [2.05, 4.69) is 5.32 Å².